The molecule has 2 nitrogen and oxygen atoms in total. The molecule has 2 aliphatic heterocycles. The number of aryl methyl sites for hydroxylation is 2. The Morgan fingerprint density at radius 1 is 0.491 bits per heavy atom. The Morgan fingerprint density at radius 2 is 1.04 bits per heavy atom. The van der Waals surface area contributed by atoms with E-state index in [9.17, 15) is 0 Å². The maximum atomic E-state index is 2.56. The fourth-order valence-electron chi connectivity index (χ4n) is 9.84. The third kappa shape index (κ3) is 5.61. The lowest BCUT2D eigenvalue weighted by Gasteiger charge is -2.38. The van der Waals surface area contributed by atoms with Crippen LogP contribution in [0.5, 0.6) is 0 Å². The van der Waals surface area contributed by atoms with Crippen LogP contribution in [0, 0.1) is 0 Å². The van der Waals surface area contributed by atoms with Gasteiger partial charge >= 0.3 is 0 Å². The molecule has 55 heavy (non-hydrogen) atoms. The van der Waals surface area contributed by atoms with Gasteiger partial charge in [0.1, 0.15) is 0 Å². The van der Waals surface area contributed by atoms with Crippen LogP contribution in [0.25, 0.3) is 45.2 Å². The van der Waals surface area contributed by atoms with Gasteiger partial charge in [-0.05, 0) is 131 Å². The highest BCUT2D eigenvalue weighted by Crippen LogP contribution is 2.51. The van der Waals surface area contributed by atoms with Crippen molar-refractivity contribution in [3.05, 3.63) is 179 Å². The van der Waals surface area contributed by atoms with Gasteiger partial charge in [0.15, 0.2) is 0 Å². The molecule has 0 spiro atoms. The molecule has 7 aromatic carbocycles. The van der Waals surface area contributed by atoms with Crippen molar-refractivity contribution >= 4 is 45.7 Å². The molecule has 0 saturated heterocycles. The van der Waals surface area contributed by atoms with E-state index in [0.717, 1.165) is 19.3 Å². The summed E-state index contributed by atoms with van der Waals surface area (Å²) in [4.78, 5) is 5.12. The Balaban J connectivity index is 0.915. The molecule has 270 valence electrons. The number of fused-ring (bicyclic) bond motifs is 6. The lowest BCUT2D eigenvalue weighted by Crippen LogP contribution is -2.33. The van der Waals surface area contributed by atoms with E-state index >= 15 is 0 Å². The van der Waals surface area contributed by atoms with Crippen LogP contribution in [-0.4, -0.2) is 12.1 Å². The molecule has 0 bridgehead atoms. The predicted molar refractivity (Wildman–Crippen MR) is 235 cm³/mol. The number of rotatable bonds is 5. The summed E-state index contributed by atoms with van der Waals surface area (Å²) in [5.74, 6) is 0. The van der Waals surface area contributed by atoms with Crippen LogP contribution < -0.4 is 9.80 Å². The fourth-order valence-corrected chi connectivity index (χ4v) is 9.84. The van der Waals surface area contributed by atoms with E-state index in [1.807, 2.05) is 0 Å². The van der Waals surface area contributed by atoms with E-state index < -0.39 is 0 Å². The minimum Gasteiger partial charge on any atom is -0.338 e. The van der Waals surface area contributed by atoms with Crippen LogP contribution in [0.15, 0.2) is 146 Å². The first kappa shape index (κ1) is 33.7. The first-order valence-corrected chi connectivity index (χ1v) is 20.2. The minimum atomic E-state index is -0.0849. The number of para-hydroxylation sites is 2. The second-order valence-electron chi connectivity index (χ2n) is 16.6. The van der Waals surface area contributed by atoms with Gasteiger partial charge in [0.05, 0.1) is 0 Å². The molecule has 1 aliphatic carbocycles. The van der Waals surface area contributed by atoms with Crippen molar-refractivity contribution in [2.45, 2.75) is 70.9 Å². The molecule has 2 heterocycles. The number of anilines is 4. The molecular weight excluding hydrogens is 665 g/mol. The Bertz CT molecular complexity index is 2630. The normalized spacial score (nSPS) is 18.3. The molecule has 3 aliphatic rings. The van der Waals surface area contributed by atoms with Crippen molar-refractivity contribution < 1.29 is 0 Å². The molecule has 0 radical (unpaired) electrons. The van der Waals surface area contributed by atoms with Gasteiger partial charge in [-0.1, -0.05) is 141 Å². The van der Waals surface area contributed by atoms with Gasteiger partial charge < -0.3 is 9.80 Å². The van der Waals surface area contributed by atoms with Crippen LogP contribution in [0.3, 0.4) is 0 Å². The Labute approximate surface area is 326 Å². The van der Waals surface area contributed by atoms with E-state index in [1.165, 1.54) is 95.6 Å². The molecule has 2 atom stereocenters. The first-order chi connectivity index (χ1) is 26.8. The second kappa shape index (κ2) is 13.2. The van der Waals surface area contributed by atoms with E-state index in [0.29, 0.717) is 12.1 Å². The molecule has 0 N–H and O–H groups in total. The Morgan fingerprint density at radius 3 is 1.76 bits per heavy atom. The molecule has 0 aromatic heterocycles. The monoisotopic (exact) mass is 712 g/mol. The van der Waals surface area contributed by atoms with Crippen LogP contribution in [0.4, 0.5) is 22.7 Å². The zero-order valence-electron chi connectivity index (χ0n) is 32.4. The molecule has 2 heteroatoms. The standard InChI is InChI=1S/C53H48N2/c1-35-17-24-40-11-5-9-15-50(40)54(35)42-28-30-46-45-29-23-38(33-48(45)53(3,4)49(46)34-42)20-19-37-21-26-39(27-22-37)43-31-32-52(47-14-8-7-13-44(43)47)55-36(2)18-25-41-12-6-10-16-51(41)55/h5-16,19-23,26-36H,17-18,24-25H2,1-4H3. The first-order valence-electron chi connectivity index (χ1n) is 20.2. The van der Waals surface area contributed by atoms with Gasteiger partial charge in [-0.25, -0.2) is 0 Å². The highest BCUT2D eigenvalue weighted by Gasteiger charge is 2.37. The van der Waals surface area contributed by atoms with Crippen molar-refractivity contribution in [3.63, 3.8) is 0 Å². The predicted octanol–water partition coefficient (Wildman–Crippen LogP) is 13.9. The van der Waals surface area contributed by atoms with Gasteiger partial charge in [0.25, 0.3) is 0 Å². The summed E-state index contributed by atoms with van der Waals surface area (Å²) in [6.07, 6.45) is 9.15. The lowest BCUT2D eigenvalue weighted by molar-refractivity contribution is 0.616. The second-order valence-corrected chi connectivity index (χ2v) is 16.6. The quantitative estimate of drug-likeness (QED) is 0.164. The summed E-state index contributed by atoms with van der Waals surface area (Å²) in [7, 11) is 0. The molecule has 0 fully saturated rings. The van der Waals surface area contributed by atoms with Crippen LogP contribution in [0.2, 0.25) is 0 Å². The van der Waals surface area contributed by atoms with Crippen LogP contribution >= 0.6 is 0 Å². The summed E-state index contributed by atoms with van der Waals surface area (Å²) in [5.41, 5.74) is 18.6. The van der Waals surface area contributed by atoms with Gasteiger partial charge in [-0.2, -0.15) is 0 Å². The van der Waals surface area contributed by atoms with Crippen molar-refractivity contribution in [2.24, 2.45) is 0 Å². The largest absolute Gasteiger partial charge is 0.338 e. The Kier molecular flexibility index (Phi) is 8.06. The zero-order chi connectivity index (χ0) is 37.3. The topological polar surface area (TPSA) is 6.48 Å². The zero-order valence-corrected chi connectivity index (χ0v) is 32.4. The summed E-state index contributed by atoms with van der Waals surface area (Å²) in [6.45, 7) is 9.51. The lowest BCUT2D eigenvalue weighted by atomic mass is 9.81. The third-order valence-electron chi connectivity index (χ3n) is 12.9. The summed E-state index contributed by atoms with van der Waals surface area (Å²) in [6, 6.07) is 55.6. The van der Waals surface area contributed by atoms with Gasteiger partial charge in [-0.15, -0.1) is 0 Å². The fraction of sp³-hybridized carbons (Fsp3) is 0.208. The van der Waals surface area contributed by atoms with Crippen molar-refractivity contribution in [1.82, 2.24) is 0 Å². The van der Waals surface area contributed by atoms with Gasteiger partial charge in [-0.3, -0.25) is 0 Å². The average Bonchev–Trinajstić information content (AvgIpc) is 3.44. The molecule has 10 rings (SSSR count). The van der Waals surface area contributed by atoms with Crippen molar-refractivity contribution in [1.29, 1.82) is 0 Å². The number of hydrogen-bond acceptors (Lipinski definition) is 2. The molecule has 0 saturated carbocycles. The molecule has 2 unspecified atom stereocenters. The van der Waals surface area contributed by atoms with Crippen LogP contribution in [0.1, 0.15) is 73.9 Å². The number of nitrogens with zero attached hydrogens (tertiary/aromatic N) is 2. The highest BCUT2D eigenvalue weighted by molar-refractivity contribution is 6.05. The van der Waals surface area contributed by atoms with Crippen molar-refractivity contribution in [2.75, 3.05) is 9.80 Å². The van der Waals surface area contributed by atoms with Crippen LogP contribution in [-0.2, 0) is 18.3 Å². The van der Waals surface area contributed by atoms with E-state index in [4.69, 9.17) is 0 Å². The Hall–Kier alpha value is -5.86. The summed E-state index contributed by atoms with van der Waals surface area (Å²) >= 11 is 0. The van der Waals surface area contributed by atoms with E-state index in [1.54, 1.807) is 0 Å². The number of benzene rings is 7. The SMILES string of the molecule is CC1CCc2ccccc2N1c1ccc2c(c1)C(C)(C)c1cc(C=Cc3ccc(-c4ccc(N5c6ccccc6CCC5C)c5ccccc45)cc3)ccc1-2. The molecule has 0 amide bonds. The summed E-state index contributed by atoms with van der Waals surface area (Å²) in [5, 5.41) is 2.60. The third-order valence-corrected chi connectivity index (χ3v) is 12.9. The summed E-state index contributed by atoms with van der Waals surface area (Å²) < 4.78 is 0. The number of hydrogen-bond donors (Lipinski definition) is 0. The van der Waals surface area contributed by atoms with Gasteiger partial charge in [0.2, 0.25) is 0 Å². The minimum absolute atomic E-state index is 0.0849. The maximum Gasteiger partial charge on any atom is 0.0493 e. The molecular formula is C53H48N2. The molecule has 7 aromatic rings. The van der Waals surface area contributed by atoms with Gasteiger partial charge in [0, 0.05) is 45.6 Å². The van der Waals surface area contributed by atoms with E-state index in [-0.39, 0.29) is 5.41 Å². The smallest absolute Gasteiger partial charge is 0.0493 e. The maximum absolute atomic E-state index is 2.56. The highest BCUT2D eigenvalue weighted by atomic mass is 15.2. The van der Waals surface area contributed by atoms with Crippen molar-refractivity contribution in [3.8, 4) is 22.3 Å². The average molecular weight is 713 g/mol. The van der Waals surface area contributed by atoms with E-state index in [2.05, 4.69) is 195 Å².